The zero-order valence-electron chi connectivity index (χ0n) is 12.3. The summed E-state index contributed by atoms with van der Waals surface area (Å²) >= 11 is 5.69. The molecule has 0 unspecified atom stereocenters. The fourth-order valence-corrected chi connectivity index (χ4v) is 2.20. The van der Waals surface area contributed by atoms with Crippen LogP contribution in [-0.2, 0) is 6.42 Å². The number of aliphatic hydroxyl groups excluding tert-OH is 1. The molecule has 0 aliphatic carbocycles. The Labute approximate surface area is 138 Å². The average Bonchev–Trinajstić information content (AvgIpc) is 2.53. The van der Waals surface area contributed by atoms with Crippen molar-refractivity contribution in [1.29, 1.82) is 0 Å². The zero-order valence-corrected chi connectivity index (χ0v) is 13.0. The Kier molecular flexibility index (Phi) is 5.78. The van der Waals surface area contributed by atoms with Gasteiger partial charge in [0.15, 0.2) is 0 Å². The third-order valence-corrected chi connectivity index (χ3v) is 3.63. The van der Waals surface area contributed by atoms with Crippen LogP contribution in [0.1, 0.15) is 17.2 Å². The summed E-state index contributed by atoms with van der Waals surface area (Å²) in [6, 6.07) is 9.72. The number of halogens is 1. The van der Waals surface area contributed by atoms with Gasteiger partial charge in [-0.05, 0) is 30.2 Å². The number of phenols is 1. The number of aliphatic hydroxyl groups is 1. The average molecular weight is 337 g/mol. The molecule has 1 amide bonds. The summed E-state index contributed by atoms with van der Waals surface area (Å²) in [4.78, 5) is 16.3. The molecule has 0 bridgehead atoms. The van der Waals surface area contributed by atoms with E-state index in [-0.39, 0.29) is 18.8 Å². The van der Waals surface area contributed by atoms with Crippen LogP contribution in [0.2, 0.25) is 5.15 Å². The Morgan fingerprint density at radius 3 is 2.48 bits per heavy atom. The molecule has 2 rings (SSSR count). The largest absolute Gasteiger partial charge is 0.508 e. The fraction of sp³-hybridized carbons (Fsp3) is 0.250. The van der Waals surface area contributed by atoms with Crippen LogP contribution in [0.15, 0.2) is 42.6 Å². The first-order chi connectivity index (χ1) is 11.0. The Bertz CT molecular complexity index is 646. The van der Waals surface area contributed by atoms with Gasteiger partial charge in [-0.15, -0.1) is 0 Å². The van der Waals surface area contributed by atoms with Crippen molar-refractivity contribution < 1.29 is 20.1 Å². The van der Waals surface area contributed by atoms with E-state index in [0.29, 0.717) is 17.1 Å². The molecule has 0 saturated carbocycles. The fourth-order valence-electron chi connectivity index (χ4n) is 2.09. The topological polar surface area (TPSA) is 93.9 Å². The zero-order chi connectivity index (χ0) is 16.8. The van der Waals surface area contributed by atoms with Crippen LogP contribution >= 0.6 is 11.6 Å². The third-order valence-electron chi connectivity index (χ3n) is 3.41. The second-order valence-corrected chi connectivity index (χ2v) is 5.46. The maximum atomic E-state index is 11.3. The molecule has 0 fully saturated rings. The second-order valence-electron chi connectivity index (χ2n) is 5.08. The quantitative estimate of drug-likeness (QED) is 0.705. The Morgan fingerprint density at radius 1 is 1.22 bits per heavy atom. The van der Waals surface area contributed by atoms with Crippen LogP contribution in [0.4, 0.5) is 4.79 Å². The van der Waals surface area contributed by atoms with Gasteiger partial charge in [0.05, 0.1) is 12.6 Å². The van der Waals surface area contributed by atoms with Crippen LogP contribution in [-0.4, -0.2) is 44.4 Å². The highest BCUT2D eigenvalue weighted by atomic mass is 35.5. The molecule has 0 spiro atoms. The van der Waals surface area contributed by atoms with Gasteiger partial charge in [-0.2, -0.15) is 0 Å². The molecule has 1 aromatic carbocycles. The van der Waals surface area contributed by atoms with Crippen molar-refractivity contribution in [3.8, 4) is 5.75 Å². The SMILES string of the molecule is O=C(O)N(CCc1ccc(O)cc1)C[C@@H](O)c1ccc(Cl)nc1. The van der Waals surface area contributed by atoms with Crippen molar-refractivity contribution in [2.45, 2.75) is 12.5 Å². The van der Waals surface area contributed by atoms with Crippen molar-refractivity contribution in [2.24, 2.45) is 0 Å². The van der Waals surface area contributed by atoms with Gasteiger partial charge in [-0.25, -0.2) is 9.78 Å². The molecule has 23 heavy (non-hydrogen) atoms. The molecule has 3 N–H and O–H groups in total. The van der Waals surface area contributed by atoms with Crippen LogP contribution in [0, 0.1) is 0 Å². The minimum atomic E-state index is -1.11. The molecular formula is C16H17ClN2O4. The number of amides is 1. The van der Waals surface area contributed by atoms with E-state index in [2.05, 4.69) is 4.98 Å². The van der Waals surface area contributed by atoms with Gasteiger partial charge >= 0.3 is 6.09 Å². The molecular weight excluding hydrogens is 320 g/mol. The number of carbonyl (C=O) groups is 1. The number of benzene rings is 1. The van der Waals surface area contributed by atoms with E-state index in [1.54, 1.807) is 36.4 Å². The lowest BCUT2D eigenvalue weighted by atomic mass is 10.1. The lowest BCUT2D eigenvalue weighted by molar-refractivity contribution is 0.0971. The van der Waals surface area contributed by atoms with Gasteiger partial charge in [0.2, 0.25) is 0 Å². The predicted octanol–water partition coefficient (Wildman–Crippen LogP) is 2.70. The van der Waals surface area contributed by atoms with Crippen molar-refractivity contribution in [2.75, 3.05) is 13.1 Å². The van der Waals surface area contributed by atoms with Crippen LogP contribution in [0.3, 0.4) is 0 Å². The van der Waals surface area contributed by atoms with E-state index in [1.807, 2.05) is 0 Å². The number of pyridine rings is 1. The molecule has 2 aromatic rings. The Morgan fingerprint density at radius 2 is 1.91 bits per heavy atom. The summed E-state index contributed by atoms with van der Waals surface area (Å²) < 4.78 is 0. The highest BCUT2D eigenvalue weighted by Crippen LogP contribution is 2.16. The normalized spacial score (nSPS) is 11.9. The van der Waals surface area contributed by atoms with E-state index in [1.165, 1.54) is 6.20 Å². The van der Waals surface area contributed by atoms with Crippen molar-refractivity contribution in [1.82, 2.24) is 9.88 Å². The molecule has 0 saturated heterocycles. The molecule has 1 atom stereocenters. The number of hydrogen-bond donors (Lipinski definition) is 3. The standard InChI is InChI=1S/C16H17ClN2O4/c17-15-6-3-12(9-18-15)14(21)10-19(16(22)23)8-7-11-1-4-13(20)5-2-11/h1-6,9,14,20-21H,7-8,10H2,(H,22,23)/t14-/m1/s1. The summed E-state index contributed by atoms with van der Waals surface area (Å²) in [6.07, 6.45) is -0.175. The van der Waals surface area contributed by atoms with E-state index in [0.717, 1.165) is 10.5 Å². The molecule has 7 heteroatoms. The van der Waals surface area contributed by atoms with E-state index < -0.39 is 12.2 Å². The molecule has 1 heterocycles. The van der Waals surface area contributed by atoms with Crippen LogP contribution in [0.5, 0.6) is 5.75 Å². The Balaban J connectivity index is 1.96. The maximum absolute atomic E-state index is 11.3. The van der Waals surface area contributed by atoms with Crippen molar-refractivity contribution in [3.05, 3.63) is 58.9 Å². The van der Waals surface area contributed by atoms with E-state index in [4.69, 9.17) is 11.6 Å². The monoisotopic (exact) mass is 336 g/mol. The number of nitrogens with zero attached hydrogens (tertiary/aromatic N) is 2. The summed E-state index contributed by atoms with van der Waals surface area (Å²) in [5.41, 5.74) is 1.40. The first-order valence-corrected chi connectivity index (χ1v) is 7.39. The van der Waals surface area contributed by atoms with Gasteiger partial charge in [-0.1, -0.05) is 29.8 Å². The number of carboxylic acid groups (broad SMARTS) is 1. The summed E-state index contributed by atoms with van der Waals surface area (Å²) in [6.45, 7) is 0.176. The van der Waals surface area contributed by atoms with E-state index >= 15 is 0 Å². The number of phenolic OH excluding ortho intramolecular Hbond substituents is 1. The number of aromatic nitrogens is 1. The van der Waals surface area contributed by atoms with Gasteiger partial charge in [-0.3, -0.25) is 0 Å². The molecule has 122 valence electrons. The van der Waals surface area contributed by atoms with Crippen molar-refractivity contribution >= 4 is 17.7 Å². The molecule has 0 aliphatic rings. The molecule has 1 aromatic heterocycles. The molecule has 0 aliphatic heterocycles. The first-order valence-electron chi connectivity index (χ1n) is 7.01. The summed E-state index contributed by atoms with van der Waals surface area (Å²) in [7, 11) is 0. The first kappa shape index (κ1) is 17.1. The highest BCUT2D eigenvalue weighted by molar-refractivity contribution is 6.29. The smallest absolute Gasteiger partial charge is 0.407 e. The lowest BCUT2D eigenvalue weighted by Crippen LogP contribution is -2.35. The maximum Gasteiger partial charge on any atom is 0.407 e. The molecule has 0 radical (unpaired) electrons. The van der Waals surface area contributed by atoms with Gasteiger partial charge in [0.25, 0.3) is 0 Å². The number of hydrogen-bond acceptors (Lipinski definition) is 4. The van der Waals surface area contributed by atoms with Gasteiger partial charge in [0, 0.05) is 18.3 Å². The van der Waals surface area contributed by atoms with Crippen LogP contribution < -0.4 is 0 Å². The number of aromatic hydroxyl groups is 1. The third kappa shape index (κ3) is 5.12. The second kappa shape index (κ2) is 7.80. The van der Waals surface area contributed by atoms with E-state index in [9.17, 15) is 20.1 Å². The summed E-state index contributed by atoms with van der Waals surface area (Å²) in [5.74, 6) is 0.162. The van der Waals surface area contributed by atoms with Crippen LogP contribution in [0.25, 0.3) is 0 Å². The van der Waals surface area contributed by atoms with Crippen molar-refractivity contribution in [3.63, 3.8) is 0 Å². The predicted molar refractivity (Wildman–Crippen MR) is 85.6 cm³/mol. The lowest BCUT2D eigenvalue weighted by Gasteiger charge is -2.22. The highest BCUT2D eigenvalue weighted by Gasteiger charge is 2.18. The minimum Gasteiger partial charge on any atom is -0.508 e. The molecule has 6 nitrogen and oxygen atoms in total. The Hall–Kier alpha value is -2.31. The van der Waals surface area contributed by atoms with Gasteiger partial charge in [0.1, 0.15) is 10.9 Å². The number of rotatable bonds is 6. The van der Waals surface area contributed by atoms with Gasteiger partial charge < -0.3 is 20.2 Å². The summed E-state index contributed by atoms with van der Waals surface area (Å²) in [5, 5.41) is 29.0. The minimum absolute atomic E-state index is 0.0588.